The van der Waals surface area contributed by atoms with Crippen molar-refractivity contribution in [3.05, 3.63) is 28.8 Å². The number of carbonyl (C=O) groups is 2. The molecule has 1 saturated carbocycles. The molecule has 0 saturated heterocycles. The first-order chi connectivity index (χ1) is 9.29. The molecule has 3 N–H and O–H groups in total. The topological polar surface area (TPSA) is 78.4 Å². The molecule has 2 amide bonds. The van der Waals surface area contributed by atoms with Crippen molar-refractivity contribution in [2.75, 3.05) is 11.9 Å². The Kier molecular flexibility index (Phi) is 3.90. The van der Waals surface area contributed by atoms with E-state index >= 15 is 0 Å². The first-order valence-electron chi connectivity index (χ1n) is 6.37. The van der Waals surface area contributed by atoms with Gasteiger partial charge in [0.15, 0.2) is 0 Å². The van der Waals surface area contributed by atoms with Crippen LogP contribution in [0, 0.1) is 11.3 Å². The number of amides is 2. The molecule has 1 aliphatic rings. The number of halogens is 1. The smallest absolute Gasteiger partial charge is 0.335 e. The molecule has 1 aromatic carbocycles. The second kappa shape index (κ2) is 5.32. The number of hydrogen-bond acceptors (Lipinski definition) is 2. The van der Waals surface area contributed by atoms with Crippen LogP contribution in [0.2, 0.25) is 5.02 Å². The zero-order valence-electron chi connectivity index (χ0n) is 11.4. The SMILES string of the molecule is CC1(C)CC1CNC(=O)Nc1ccc(C(=O)O)cc1Cl. The Hall–Kier alpha value is -1.75. The zero-order chi connectivity index (χ0) is 14.9. The number of aromatic carboxylic acids is 1. The molecule has 20 heavy (non-hydrogen) atoms. The molecule has 1 aliphatic carbocycles. The highest BCUT2D eigenvalue weighted by Gasteiger charge is 2.45. The summed E-state index contributed by atoms with van der Waals surface area (Å²) in [6.45, 7) is 4.96. The summed E-state index contributed by atoms with van der Waals surface area (Å²) < 4.78 is 0. The number of carbonyl (C=O) groups excluding carboxylic acids is 1. The average molecular weight is 297 g/mol. The van der Waals surface area contributed by atoms with Crippen LogP contribution in [-0.2, 0) is 0 Å². The second-order valence-electron chi connectivity index (χ2n) is 5.72. The Labute approximate surface area is 122 Å². The van der Waals surface area contributed by atoms with Gasteiger partial charge in [0.1, 0.15) is 0 Å². The molecule has 0 heterocycles. The number of rotatable bonds is 4. The number of urea groups is 1. The molecule has 1 aromatic rings. The molecule has 1 fully saturated rings. The lowest BCUT2D eigenvalue weighted by molar-refractivity contribution is 0.0697. The van der Waals surface area contributed by atoms with Crippen molar-refractivity contribution in [2.24, 2.45) is 11.3 Å². The summed E-state index contributed by atoms with van der Waals surface area (Å²) in [6, 6.07) is 3.85. The van der Waals surface area contributed by atoms with Crippen molar-refractivity contribution < 1.29 is 14.7 Å². The van der Waals surface area contributed by atoms with Gasteiger partial charge in [0.2, 0.25) is 0 Å². The number of nitrogens with one attached hydrogen (secondary N) is 2. The van der Waals surface area contributed by atoms with Crippen molar-refractivity contribution >= 4 is 29.3 Å². The maximum absolute atomic E-state index is 11.7. The van der Waals surface area contributed by atoms with Crippen LogP contribution in [0.15, 0.2) is 18.2 Å². The highest BCUT2D eigenvalue weighted by molar-refractivity contribution is 6.34. The summed E-state index contributed by atoms with van der Waals surface area (Å²) in [6.07, 6.45) is 1.11. The monoisotopic (exact) mass is 296 g/mol. The van der Waals surface area contributed by atoms with Crippen LogP contribution in [0.4, 0.5) is 10.5 Å². The minimum Gasteiger partial charge on any atom is -0.478 e. The van der Waals surface area contributed by atoms with Gasteiger partial charge in [0, 0.05) is 6.54 Å². The Morgan fingerprint density at radius 2 is 2.10 bits per heavy atom. The largest absolute Gasteiger partial charge is 0.478 e. The predicted octanol–water partition coefficient (Wildman–Crippen LogP) is 3.21. The number of carboxylic acids is 1. The highest BCUT2D eigenvalue weighted by atomic mass is 35.5. The molecule has 6 heteroatoms. The maximum Gasteiger partial charge on any atom is 0.335 e. The quantitative estimate of drug-likeness (QED) is 0.798. The van der Waals surface area contributed by atoms with Gasteiger partial charge in [-0.25, -0.2) is 9.59 Å². The van der Waals surface area contributed by atoms with Gasteiger partial charge in [-0.05, 0) is 36.0 Å². The van der Waals surface area contributed by atoms with Gasteiger partial charge in [-0.15, -0.1) is 0 Å². The molecule has 0 bridgehead atoms. The maximum atomic E-state index is 11.7. The van der Waals surface area contributed by atoms with E-state index in [1.54, 1.807) is 0 Å². The first kappa shape index (κ1) is 14.7. The summed E-state index contributed by atoms with van der Waals surface area (Å²) in [5.74, 6) is -0.544. The van der Waals surface area contributed by atoms with E-state index < -0.39 is 5.97 Å². The molecule has 0 aliphatic heterocycles. The van der Waals surface area contributed by atoms with E-state index in [9.17, 15) is 9.59 Å². The Morgan fingerprint density at radius 3 is 2.60 bits per heavy atom. The fraction of sp³-hybridized carbons (Fsp3) is 0.429. The van der Waals surface area contributed by atoms with Crippen molar-refractivity contribution in [1.82, 2.24) is 5.32 Å². The predicted molar refractivity (Wildman–Crippen MR) is 77.3 cm³/mol. The molecule has 1 atom stereocenters. The summed E-state index contributed by atoms with van der Waals surface area (Å²) in [5, 5.41) is 14.4. The first-order valence-corrected chi connectivity index (χ1v) is 6.75. The molecule has 108 valence electrons. The van der Waals surface area contributed by atoms with Crippen molar-refractivity contribution in [3.8, 4) is 0 Å². The highest BCUT2D eigenvalue weighted by Crippen LogP contribution is 2.50. The van der Waals surface area contributed by atoms with Crippen LogP contribution in [-0.4, -0.2) is 23.7 Å². The molecule has 0 aromatic heterocycles. The Bertz CT molecular complexity index is 557. The normalized spacial score (nSPS) is 19.2. The fourth-order valence-electron chi connectivity index (χ4n) is 2.06. The Morgan fingerprint density at radius 1 is 1.45 bits per heavy atom. The standard InChI is InChI=1S/C14H17ClN2O3/c1-14(2)6-9(14)7-16-13(20)17-11-4-3-8(12(18)19)5-10(11)15/h3-5,9H,6-7H2,1-2H3,(H,18,19)(H2,16,17,20). The van der Waals surface area contributed by atoms with Crippen LogP contribution < -0.4 is 10.6 Å². The average Bonchev–Trinajstić information content (AvgIpc) is 2.97. The third-order valence-corrected chi connectivity index (χ3v) is 4.00. The molecule has 5 nitrogen and oxygen atoms in total. The molecular weight excluding hydrogens is 280 g/mol. The number of anilines is 1. The fourth-order valence-corrected chi connectivity index (χ4v) is 2.28. The summed E-state index contributed by atoms with van der Waals surface area (Å²) >= 11 is 5.93. The summed E-state index contributed by atoms with van der Waals surface area (Å²) in [4.78, 5) is 22.5. The van der Waals surface area contributed by atoms with Crippen molar-refractivity contribution in [1.29, 1.82) is 0 Å². The van der Waals surface area contributed by atoms with Gasteiger partial charge in [0.05, 0.1) is 16.3 Å². The summed E-state index contributed by atoms with van der Waals surface area (Å²) in [5.41, 5.74) is 0.790. The number of carboxylic acid groups (broad SMARTS) is 1. The molecule has 2 rings (SSSR count). The third kappa shape index (κ3) is 3.42. The van der Waals surface area contributed by atoms with Crippen LogP contribution in [0.5, 0.6) is 0 Å². The number of hydrogen-bond donors (Lipinski definition) is 3. The van der Waals surface area contributed by atoms with Gasteiger partial charge in [-0.3, -0.25) is 0 Å². The molecule has 1 unspecified atom stereocenters. The van der Waals surface area contributed by atoms with Crippen LogP contribution in [0.25, 0.3) is 0 Å². The van der Waals surface area contributed by atoms with E-state index in [1.807, 2.05) is 0 Å². The molecule has 0 radical (unpaired) electrons. The van der Waals surface area contributed by atoms with Crippen LogP contribution >= 0.6 is 11.6 Å². The van der Waals surface area contributed by atoms with E-state index in [0.29, 0.717) is 23.6 Å². The lowest BCUT2D eigenvalue weighted by Crippen LogP contribution is -2.31. The second-order valence-corrected chi connectivity index (χ2v) is 6.13. The zero-order valence-corrected chi connectivity index (χ0v) is 12.1. The molecule has 0 spiro atoms. The Balaban J connectivity index is 1.89. The van der Waals surface area contributed by atoms with E-state index in [4.69, 9.17) is 16.7 Å². The van der Waals surface area contributed by atoms with E-state index in [0.717, 1.165) is 6.42 Å². The van der Waals surface area contributed by atoms with Crippen molar-refractivity contribution in [2.45, 2.75) is 20.3 Å². The lowest BCUT2D eigenvalue weighted by atomic mass is 10.1. The van der Waals surface area contributed by atoms with Gasteiger partial charge < -0.3 is 15.7 Å². The lowest BCUT2D eigenvalue weighted by Gasteiger charge is -2.10. The minimum atomic E-state index is -1.06. The van der Waals surface area contributed by atoms with Crippen LogP contribution in [0.1, 0.15) is 30.6 Å². The van der Waals surface area contributed by atoms with E-state index in [2.05, 4.69) is 24.5 Å². The van der Waals surface area contributed by atoms with Gasteiger partial charge in [-0.2, -0.15) is 0 Å². The third-order valence-electron chi connectivity index (χ3n) is 3.69. The summed E-state index contributed by atoms with van der Waals surface area (Å²) in [7, 11) is 0. The van der Waals surface area contributed by atoms with Crippen molar-refractivity contribution in [3.63, 3.8) is 0 Å². The van der Waals surface area contributed by atoms with Gasteiger partial charge >= 0.3 is 12.0 Å². The minimum absolute atomic E-state index is 0.0840. The van der Waals surface area contributed by atoms with Crippen LogP contribution in [0.3, 0.4) is 0 Å². The van der Waals surface area contributed by atoms with Gasteiger partial charge in [0.25, 0.3) is 0 Å². The van der Waals surface area contributed by atoms with Gasteiger partial charge in [-0.1, -0.05) is 25.4 Å². The van der Waals surface area contributed by atoms with E-state index in [-0.39, 0.29) is 16.6 Å². The number of benzene rings is 1. The molecular formula is C14H17ClN2O3. The van der Waals surface area contributed by atoms with E-state index in [1.165, 1.54) is 18.2 Å².